The molecule has 0 radical (unpaired) electrons. The minimum absolute atomic E-state index is 0.129. The average molecular weight is 612 g/mol. The Kier molecular flexibility index (Phi) is 10.3. The number of benzene rings is 3. The molecule has 0 aromatic heterocycles. The van der Waals surface area contributed by atoms with E-state index in [0.717, 1.165) is 53.0 Å². The Morgan fingerprint density at radius 3 is 2.42 bits per heavy atom. The van der Waals surface area contributed by atoms with Crippen molar-refractivity contribution in [2.75, 3.05) is 38.8 Å². The highest BCUT2D eigenvalue weighted by atomic mass is 32.2. The van der Waals surface area contributed by atoms with E-state index in [4.69, 9.17) is 14.3 Å². The van der Waals surface area contributed by atoms with Gasteiger partial charge in [0.05, 0.1) is 20.1 Å². The van der Waals surface area contributed by atoms with E-state index in [2.05, 4.69) is 15.7 Å². The summed E-state index contributed by atoms with van der Waals surface area (Å²) in [7, 11) is -1.73. The van der Waals surface area contributed by atoms with E-state index in [1.165, 1.54) is 20.2 Å². The van der Waals surface area contributed by atoms with E-state index in [1.54, 1.807) is 32.9 Å². The number of likely N-dealkylation sites (N-methyl/N-ethyl adjacent to an activating group) is 1. The summed E-state index contributed by atoms with van der Waals surface area (Å²) in [5.74, 6) is -1.31. The van der Waals surface area contributed by atoms with Crippen molar-refractivity contribution in [2.24, 2.45) is 0 Å². The molecule has 1 aliphatic rings. The molecule has 0 bridgehead atoms. The molecule has 0 aliphatic carbocycles. The number of anilines is 1. The predicted molar refractivity (Wildman–Crippen MR) is 165 cm³/mol. The summed E-state index contributed by atoms with van der Waals surface area (Å²) in [5, 5.41) is 3.10. The maximum Gasteiger partial charge on any atom is 0.308 e. The van der Waals surface area contributed by atoms with E-state index in [1.807, 2.05) is 36.4 Å². The Balaban J connectivity index is 1.62. The summed E-state index contributed by atoms with van der Waals surface area (Å²) < 4.78 is 41.6. The first kappa shape index (κ1) is 32.2. The number of esters is 1. The lowest BCUT2D eigenvalue weighted by atomic mass is 10.0. The van der Waals surface area contributed by atoms with Gasteiger partial charge in [0, 0.05) is 38.3 Å². The zero-order valence-corrected chi connectivity index (χ0v) is 26.3. The molecular formula is C32H41N3O7S. The molecule has 0 spiro atoms. The van der Waals surface area contributed by atoms with Gasteiger partial charge in [-0.3, -0.25) is 14.4 Å². The van der Waals surface area contributed by atoms with Crippen LogP contribution in [0.15, 0.2) is 65.6 Å². The lowest BCUT2D eigenvalue weighted by Gasteiger charge is -2.25. The molecule has 1 amide bonds. The number of sulfonamides is 1. The van der Waals surface area contributed by atoms with Gasteiger partial charge in [0.25, 0.3) is 5.91 Å². The summed E-state index contributed by atoms with van der Waals surface area (Å²) >= 11 is 0. The Morgan fingerprint density at radius 2 is 1.72 bits per heavy atom. The van der Waals surface area contributed by atoms with Crippen molar-refractivity contribution in [3.8, 4) is 5.75 Å². The molecule has 1 heterocycles. The zero-order valence-electron chi connectivity index (χ0n) is 25.5. The average Bonchev–Trinajstić information content (AvgIpc) is 3.50. The van der Waals surface area contributed by atoms with Gasteiger partial charge in [-0.2, -0.15) is 4.72 Å². The molecule has 43 heavy (non-hydrogen) atoms. The first-order valence-corrected chi connectivity index (χ1v) is 15.9. The third kappa shape index (κ3) is 8.46. The number of carbonyl (C=O) groups is 2. The minimum Gasteiger partial charge on any atom is -0.492 e. The fraction of sp³-hybridized carbons (Fsp3) is 0.438. The van der Waals surface area contributed by atoms with Crippen molar-refractivity contribution in [3.63, 3.8) is 0 Å². The number of ether oxygens (including phenoxy) is 2. The van der Waals surface area contributed by atoms with E-state index in [9.17, 15) is 18.0 Å². The number of nitrogens with zero attached hydrogens (tertiary/aromatic N) is 2. The fourth-order valence-corrected chi connectivity index (χ4v) is 6.39. The van der Waals surface area contributed by atoms with Crippen molar-refractivity contribution in [1.82, 2.24) is 9.79 Å². The van der Waals surface area contributed by atoms with Gasteiger partial charge < -0.3 is 14.4 Å². The Hall–Kier alpha value is -3.67. The Morgan fingerprint density at radius 1 is 1.02 bits per heavy atom. The molecule has 1 atom stereocenters. The van der Waals surface area contributed by atoms with Crippen LogP contribution in [0.5, 0.6) is 5.75 Å². The third-order valence-electron chi connectivity index (χ3n) is 7.17. The summed E-state index contributed by atoms with van der Waals surface area (Å²) in [6, 6.07) is 17.6. The van der Waals surface area contributed by atoms with Crippen LogP contribution in [0.1, 0.15) is 45.6 Å². The maximum absolute atomic E-state index is 13.8. The topological polar surface area (TPSA) is 114 Å². The highest BCUT2D eigenvalue weighted by molar-refractivity contribution is 7.89. The smallest absolute Gasteiger partial charge is 0.308 e. The molecule has 1 fully saturated rings. The molecule has 3 aromatic carbocycles. The van der Waals surface area contributed by atoms with Crippen molar-refractivity contribution < 1.29 is 32.3 Å². The standard InChI is InChI=1S/C32H41N3O7S/c1-32(2,3)42-30(36)22-27(31(37)34(4)40-5)33-43(38,39)29-16-15-25(35-18-8-9-19-35)21-28(29)41-20-17-24-13-10-12-23-11-6-7-14-26(23)24/h6-7,10-16,21,27,33H,8-9,17-20,22H2,1-5H3/t27-/m0/s1. The number of nitrogens with one attached hydrogen (secondary N) is 1. The highest BCUT2D eigenvalue weighted by Gasteiger charge is 2.33. The van der Waals surface area contributed by atoms with Gasteiger partial charge in [-0.1, -0.05) is 42.5 Å². The number of carbonyl (C=O) groups excluding carboxylic acids is 2. The quantitative estimate of drug-likeness (QED) is 0.236. The SMILES string of the molecule is CON(C)C(=O)[C@H](CC(=O)OC(C)(C)C)NS(=O)(=O)c1ccc(N2CCCC2)cc1OCCc1cccc2ccccc12. The lowest BCUT2D eigenvalue weighted by molar-refractivity contribution is -0.173. The Labute approximate surface area is 253 Å². The predicted octanol–water partition coefficient (Wildman–Crippen LogP) is 4.46. The lowest BCUT2D eigenvalue weighted by Crippen LogP contribution is -2.48. The van der Waals surface area contributed by atoms with Crippen LogP contribution in [-0.2, 0) is 35.6 Å². The molecule has 1 saturated heterocycles. The molecular weight excluding hydrogens is 570 g/mol. The number of hydroxylamine groups is 2. The van der Waals surface area contributed by atoms with Gasteiger partial charge in [-0.25, -0.2) is 13.5 Å². The van der Waals surface area contributed by atoms with E-state index in [-0.39, 0.29) is 17.3 Å². The molecule has 0 unspecified atom stereocenters. The Bertz CT molecular complexity index is 1540. The second-order valence-electron chi connectivity index (χ2n) is 11.5. The first-order chi connectivity index (χ1) is 20.4. The maximum atomic E-state index is 13.8. The van der Waals surface area contributed by atoms with E-state index >= 15 is 0 Å². The summed E-state index contributed by atoms with van der Waals surface area (Å²) in [4.78, 5) is 32.7. The number of hydrogen-bond donors (Lipinski definition) is 1. The van der Waals surface area contributed by atoms with E-state index < -0.39 is 40.0 Å². The van der Waals surface area contributed by atoms with Crippen LogP contribution >= 0.6 is 0 Å². The minimum atomic E-state index is -4.34. The van der Waals surface area contributed by atoms with Crippen LogP contribution in [0.4, 0.5) is 5.69 Å². The van der Waals surface area contributed by atoms with Gasteiger partial charge in [0.2, 0.25) is 10.0 Å². The molecule has 4 rings (SSSR count). The molecule has 0 saturated carbocycles. The zero-order chi connectivity index (χ0) is 31.2. The van der Waals surface area contributed by atoms with Crippen molar-refractivity contribution in [2.45, 2.75) is 63.0 Å². The van der Waals surface area contributed by atoms with Crippen LogP contribution in [0, 0.1) is 0 Å². The number of amides is 1. The van der Waals surface area contributed by atoms with Gasteiger partial charge in [-0.15, -0.1) is 0 Å². The third-order valence-corrected chi connectivity index (χ3v) is 8.68. The summed E-state index contributed by atoms with van der Waals surface area (Å²) in [6.45, 7) is 7.04. The largest absolute Gasteiger partial charge is 0.492 e. The van der Waals surface area contributed by atoms with Gasteiger partial charge in [0.1, 0.15) is 22.3 Å². The number of fused-ring (bicyclic) bond motifs is 1. The van der Waals surface area contributed by atoms with Crippen molar-refractivity contribution in [3.05, 3.63) is 66.2 Å². The van der Waals surface area contributed by atoms with Crippen LogP contribution in [0.3, 0.4) is 0 Å². The van der Waals surface area contributed by atoms with Crippen LogP contribution in [0.2, 0.25) is 0 Å². The molecule has 1 N–H and O–H groups in total. The molecule has 232 valence electrons. The second-order valence-corrected chi connectivity index (χ2v) is 13.2. The van der Waals surface area contributed by atoms with Crippen LogP contribution < -0.4 is 14.4 Å². The highest BCUT2D eigenvalue weighted by Crippen LogP contribution is 2.32. The number of rotatable bonds is 12. The van der Waals surface area contributed by atoms with Crippen LogP contribution in [0.25, 0.3) is 10.8 Å². The molecule has 3 aromatic rings. The van der Waals surface area contributed by atoms with Gasteiger partial charge in [-0.05, 0) is 62.1 Å². The fourth-order valence-electron chi connectivity index (χ4n) is 5.07. The molecule has 11 heteroatoms. The van der Waals surface area contributed by atoms with Crippen molar-refractivity contribution >= 4 is 38.4 Å². The molecule has 1 aliphatic heterocycles. The molecule has 10 nitrogen and oxygen atoms in total. The normalized spacial score (nSPS) is 14.5. The van der Waals surface area contributed by atoms with E-state index in [0.29, 0.717) is 6.42 Å². The van der Waals surface area contributed by atoms with Gasteiger partial charge >= 0.3 is 5.97 Å². The number of hydrogen-bond acceptors (Lipinski definition) is 8. The van der Waals surface area contributed by atoms with Crippen LogP contribution in [-0.4, -0.2) is 70.9 Å². The first-order valence-electron chi connectivity index (χ1n) is 14.4. The van der Waals surface area contributed by atoms with Crippen molar-refractivity contribution in [1.29, 1.82) is 0 Å². The van der Waals surface area contributed by atoms with Gasteiger partial charge in [0.15, 0.2) is 0 Å². The monoisotopic (exact) mass is 611 g/mol. The summed E-state index contributed by atoms with van der Waals surface area (Å²) in [5.41, 5.74) is 1.13. The second kappa shape index (κ2) is 13.7. The summed E-state index contributed by atoms with van der Waals surface area (Å²) in [6.07, 6.45) is 2.15.